The summed E-state index contributed by atoms with van der Waals surface area (Å²) in [5.41, 5.74) is 3.34. The minimum Gasteiger partial charge on any atom is -0.550 e. The van der Waals surface area contributed by atoms with E-state index in [-0.39, 0.29) is 46.7 Å². The van der Waals surface area contributed by atoms with Gasteiger partial charge in [-0.3, -0.25) is 0 Å². The third kappa shape index (κ3) is 7.95. The number of nitrogens with zero attached hydrogens (tertiary/aromatic N) is 2. The maximum absolute atomic E-state index is 13.6. The fourth-order valence-electron chi connectivity index (χ4n) is 4.86. The quantitative estimate of drug-likeness (QED) is 0.173. The molecule has 0 aliphatic heterocycles. The number of hydrogen-bond donors (Lipinski definition) is 0. The summed E-state index contributed by atoms with van der Waals surface area (Å²) in [6.45, 7) is 10.6. The van der Waals surface area contributed by atoms with Crippen LogP contribution in [0.2, 0.25) is 5.02 Å². The molecule has 5 aromatic rings. The van der Waals surface area contributed by atoms with Crippen molar-refractivity contribution >= 4 is 51.1 Å². The smallest absolute Gasteiger partial charge is 0.550 e. The summed E-state index contributed by atoms with van der Waals surface area (Å²) in [7, 11) is 0. The summed E-state index contributed by atoms with van der Waals surface area (Å²) < 4.78 is 21.8. The van der Waals surface area contributed by atoms with E-state index < -0.39 is 11.4 Å². The number of carboxylic acid groups (broad SMARTS) is 1. The summed E-state index contributed by atoms with van der Waals surface area (Å²) in [4.78, 5) is 17.8. The molecule has 2 heterocycles. The fraction of sp³-hybridized carbons (Fsp3) is 0.294. The molecule has 9 heteroatoms. The Kier molecular flexibility index (Phi) is 10.2. The zero-order chi connectivity index (χ0) is 30.2. The molecule has 5 rings (SSSR count). The molecular weight excluding hydrogens is 594 g/mol. The zero-order valence-corrected chi connectivity index (χ0v) is 28.9. The molecule has 0 unspecified atom stereocenters. The van der Waals surface area contributed by atoms with Crippen molar-refractivity contribution in [2.24, 2.45) is 5.41 Å². The van der Waals surface area contributed by atoms with Crippen LogP contribution in [0.25, 0.3) is 21.8 Å². The molecule has 3 aromatic carbocycles. The van der Waals surface area contributed by atoms with Crippen LogP contribution in [0.5, 0.6) is 5.75 Å². The van der Waals surface area contributed by atoms with Crippen LogP contribution in [0.15, 0.2) is 77.7 Å². The predicted molar refractivity (Wildman–Crippen MR) is 167 cm³/mol. The molecule has 5 nitrogen and oxygen atoms in total. The van der Waals surface area contributed by atoms with Gasteiger partial charge in [-0.15, -0.1) is 11.8 Å². The van der Waals surface area contributed by atoms with Crippen LogP contribution in [-0.4, -0.2) is 20.3 Å². The van der Waals surface area contributed by atoms with Crippen LogP contribution < -0.4 is 39.4 Å². The molecule has 0 spiro atoms. The average molecular weight is 627 g/mol. The predicted octanol–water partition coefficient (Wildman–Crippen LogP) is 4.82. The van der Waals surface area contributed by atoms with E-state index in [1.54, 1.807) is 31.7 Å². The van der Waals surface area contributed by atoms with Gasteiger partial charge in [0, 0.05) is 54.6 Å². The first kappa shape index (κ1) is 33.3. The van der Waals surface area contributed by atoms with Crippen LogP contribution >= 0.6 is 23.4 Å². The number of halogens is 2. The molecule has 0 aliphatic carbocycles. The maximum Gasteiger partial charge on any atom is 1.00 e. The molecule has 0 N–H and O–H groups in total. The van der Waals surface area contributed by atoms with Crippen LogP contribution in [0.1, 0.15) is 51.6 Å². The van der Waals surface area contributed by atoms with Gasteiger partial charge in [-0.05, 0) is 66.6 Å². The largest absolute Gasteiger partial charge is 1.00 e. The average Bonchev–Trinajstić information content (AvgIpc) is 3.18. The van der Waals surface area contributed by atoms with E-state index in [9.17, 15) is 14.3 Å². The van der Waals surface area contributed by atoms with Gasteiger partial charge >= 0.3 is 29.6 Å². The van der Waals surface area contributed by atoms with Gasteiger partial charge in [0.05, 0.1) is 11.2 Å². The number of aromatic nitrogens is 2. The number of ether oxygens (including phenoxy) is 1. The first-order valence-electron chi connectivity index (χ1n) is 13.8. The van der Waals surface area contributed by atoms with Gasteiger partial charge in [0.1, 0.15) is 18.2 Å². The minimum absolute atomic E-state index is 0. The number of hydrogen-bond acceptors (Lipinski definition) is 5. The second kappa shape index (κ2) is 13.2. The van der Waals surface area contributed by atoms with E-state index in [1.807, 2.05) is 54.6 Å². The number of fused-ring (bicyclic) bond motifs is 2. The van der Waals surface area contributed by atoms with E-state index in [0.717, 1.165) is 38.1 Å². The summed E-state index contributed by atoms with van der Waals surface area (Å²) >= 11 is 7.87. The summed E-state index contributed by atoms with van der Waals surface area (Å²) in [5.74, 6) is -0.711. The number of carbonyl (C=O) groups is 1. The van der Waals surface area contributed by atoms with Crippen molar-refractivity contribution in [3.8, 4) is 5.75 Å². The number of pyridine rings is 1. The molecule has 0 aliphatic rings. The van der Waals surface area contributed by atoms with Crippen molar-refractivity contribution in [3.05, 3.63) is 101 Å². The molecule has 0 atom stereocenters. The normalized spacial score (nSPS) is 12.0. The standard InChI is InChI=1S/C34H34ClFN2O3S.Na/c1-33(2,3)42-31-27-17-26(41-20-25-12-8-22-16-24(36)11-14-28(22)37-25)13-15-29(27)38(19-21-6-9-23(35)10-7-21)30(31)18-34(4,5)32(39)40;/h6-17H,18-20H2,1-5H3,(H,39,40);/q;+1/p-1. The fourth-order valence-corrected chi connectivity index (χ4v) is 6.17. The van der Waals surface area contributed by atoms with Crippen LogP contribution in [0, 0.1) is 11.2 Å². The molecule has 0 saturated carbocycles. The van der Waals surface area contributed by atoms with E-state index >= 15 is 0 Å². The Morgan fingerprint density at radius 2 is 1.72 bits per heavy atom. The van der Waals surface area contributed by atoms with Crippen LogP contribution in [0.4, 0.5) is 4.39 Å². The van der Waals surface area contributed by atoms with Gasteiger partial charge in [-0.25, -0.2) is 9.37 Å². The van der Waals surface area contributed by atoms with Crippen LogP contribution in [-0.2, 0) is 24.4 Å². The van der Waals surface area contributed by atoms with Gasteiger partial charge in [0.25, 0.3) is 0 Å². The molecule has 2 aromatic heterocycles. The zero-order valence-electron chi connectivity index (χ0n) is 25.3. The second-order valence-electron chi connectivity index (χ2n) is 12.2. The Morgan fingerprint density at radius 1 is 1.00 bits per heavy atom. The van der Waals surface area contributed by atoms with Crippen molar-refractivity contribution in [1.29, 1.82) is 0 Å². The van der Waals surface area contributed by atoms with Crippen LogP contribution in [0.3, 0.4) is 0 Å². The Hall–Kier alpha value is -2.55. The number of carbonyl (C=O) groups excluding carboxylic acids is 1. The van der Waals surface area contributed by atoms with Gasteiger partial charge in [-0.1, -0.05) is 64.4 Å². The van der Waals surface area contributed by atoms with Crippen molar-refractivity contribution in [3.63, 3.8) is 0 Å². The SMILES string of the molecule is CC(C)(C)Sc1c(CC(C)(C)C(=O)[O-])n(Cc2ccc(Cl)cc2)c2ccc(OCc3ccc4cc(F)ccc4n3)cc12.[Na+]. The third-order valence-electron chi connectivity index (χ3n) is 7.01. The Labute approximate surface area is 283 Å². The molecule has 218 valence electrons. The van der Waals surface area contributed by atoms with E-state index in [1.165, 1.54) is 12.1 Å². The Bertz CT molecular complexity index is 1780. The number of rotatable bonds is 9. The third-order valence-corrected chi connectivity index (χ3v) is 8.54. The Balaban J connectivity index is 0.00000423. The number of carboxylic acids is 1. The van der Waals surface area contributed by atoms with Crippen molar-refractivity contribution < 1.29 is 48.6 Å². The number of aliphatic carboxylic acids is 1. The minimum atomic E-state index is -1.09. The van der Waals surface area contributed by atoms with Gasteiger partial charge < -0.3 is 19.2 Å². The molecular formula is C34H33ClFN2NaO3S. The second-order valence-corrected chi connectivity index (χ2v) is 14.4. The first-order chi connectivity index (χ1) is 19.8. The summed E-state index contributed by atoms with van der Waals surface area (Å²) in [6.07, 6.45) is 0.299. The van der Waals surface area contributed by atoms with E-state index in [0.29, 0.717) is 29.3 Å². The molecule has 0 bridgehead atoms. The Morgan fingerprint density at radius 3 is 2.40 bits per heavy atom. The van der Waals surface area contributed by atoms with Crippen molar-refractivity contribution in [2.75, 3.05) is 0 Å². The topological polar surface area (TPSA) is 67.2 Å². The van der Waals surface area contributed by atoms with E-state index in [4.69, 9.17) is 16.3 Å². The van der Waals surface area contributed by atoms with Gasteiger partial charge in [0.15, 0.2) is 0 Å². The van der Waals surface area contributed by atoms with Gasteiger partial charge in [0.2, 0.25) is 0 Å². The van der Waals surface area contributed by atoms with E-state index in [2.05, 4.69) is 30.3 Å². The molecule has 43 heavy (non-hydrogen) atoms. The maximum atomic E-state index is 13.6. The number of benzene rings is 3. The molecule has 0 fully saturated rings. The first-order valence-corrected chi connectivity index (χ1v) is 15.0. The molecule has 0 saturated heterocycles. The summed E-state index contributed by atoms with van der Waals surface area (Å²) in [6, 6.07) is 21.9. The number of thioether (sulfide) groups is 1. The monoisotopic (exact) mass is 626 g/mol. The van der Waals surface area contributed by atoms with Gasteiger partial charge in [-0.2, -0.15) is 0 Å². The molecule has 0 radical (unpaired) electrons. The summed E-state index contributed by atoms with van der Waals surface area (Å²) in [5, 5.41) is 14.5. The molecule has 0 amide bonds. The van der Waals surface area contributed by atoms with Crippen molar-refractivity contribution in [1.82, 2.24) is 9.55 Å². The van der Waals surface area contributed by atoms with Crippen molar-refractivity contribution in [2.45, 2.75) is 63.8 Å².